The Labute approximate surface area is 148 Å². The van der Waals surface area contributed by atoms with Gasteiger partial charge in [0.2, 0.25) is 0 Å². The Balaban J connectivity index is 2.75. The summed E-state index contributed by atoms with van der Waals surface area (Å²) in [5.41, 5.74) is 7.05. The Morgan fingerprint density at radius 2 is 1.80 bits per heavy atom. The first-order chi connectivity index (χ1) is 11.6. The summed E-state index contributed by atoms with van der Waals surface area (Å²) in [7, 11) is 0. The van der Waals surface area contributed by atoms with Crippen molar-refractivity contribution in [3.8, 4) is 5.75 Å². The summed E-state index contributed by atoms with van der Waals surface area (Å²) in [6.45, 7) is 9.46. The van der Waals surface area contributed by atoms with Crippen LogP contribution >= 0.6 is 0 Å². The van der Waals surface area contributed by atoms with Crippen LogP contribution in [0.2, 0.25) is 0 Å². The SMILES string of the molecule is CC(C)C[C@H](NC(=O)OC(C)(C)C)C(=O)Oc1ccc(CN=N)cc1. The van der Waals surface area contributed by atoms with Crippen molar-refractivity contribution in [1.29, 1.82) is 5.53 Å². The van der Waals surface area contributed by atoms with E-state index in [1.54, 1.807) is 45.0 Å². The van der Waals surface area contributed by atoms with Crippen molar-refractivity contribution < 1.29 is 19.1 Å². The smallest absolute Gasteiger partial charge is 0.408 e. The van der Waals surface area contributed by atoms with Gasteiger partial charge in [-0.25, -0.2) is 15.1 Å². The van der Waals surface area contributed by atoms with Crippen molar-refractivity contribution in [1.82, 2.24) is 5.32 Å². The lowest BCUT2D eigenvalue weighted by Crippen LogP contribution is -2.45. The summed E-state index contributed by atoms with van der Waals surface area (Å²) in [6.07, 6.45) is -0.212. The van der Waals surface area contributed by atoms with E-state index < -0.39 is 23.7 Å². The molecular weight excluding hydrogens is 322 g/mol. The Hall–Kier alpha value is -2.44. The normalized spacial score (nSPS) is 12.4. The number of benzene rings is 1. The number of ether oxygens (including phenoxy) is 2. The fraction of sp³-hybridized carbons (Fsp3) is 0.556. The van der Waals surface area contributed by atoms with Crippen LogP contribution in [0.25, 0.3) is 0 Å². The van der Waals surface area contributed by atoms with Crippen LogP contribution in [0.4, 0.5) is 4.79 Å². The third-order valence-corrected chi connectivity index (χ3v) is 3.09. The Morgan fingerprint density at radius 1 is 1.20 bits per heavy atom. The molecule has 138 valence electrons. The van der Waals surface area contributed by atoms with Gasteiger partial charge in [-0.1, -0.05) is 26.0 Å². The topological polar surface area (TPSA) is 101 Å². The zero-order valence-corrected chi connectivity index (χ0v) is 15.5. The fourth-order valence-electron chi connectivity index (χ4n) is 2.08. The predicted molar refractivity (Wildman–Crippen MR) is 93.5 cm³/mol. The number of alkyl carbamates (subject to hydrolysis) is 1. The third kappa shape index (κ3) is 8.28. The van der Waals surface area contributed by atoms with Gasteiger partial charge in [-0.15, -0.1) is 0 Å². The van der Waals surface area contributed by atoms with Gasteiger partial charge in [-0.05, 0) is 50.8 Å². The summed E-state index contributed by atoms with van der Waals surface area (Å²) in [4.78, 5) is 24.4. The molecule has 0 spiro atoms. The minimum absolute atomic E-state index is 0.188. The molecule has 0 saturated heterocycles. The highest BCUT2D eigenvalue weighted by Crippen LogP contribution is 2.16. The van der Waals surface area contributed by atoms with Gasteiger partial charge in [0, 0.05) is 0 Å². The van der Waals surface area contributed by atoms with Gasteiger partial charge in [0.15, 0.2) is 0 Å². The highest BCUT2D eigenvalue weighted by atomic mass is 16.6. The highest BCUT2D eigenvalue weighted by molar-refractivity contribution is 5.83. The predicted octanol–water partition coefficient (Wildman–Crippen LogP) is 4.06. The maximum atomic E-state index is 12.4. The molecule has 0 heterocycles. The number of carbonyl (C=O) groups excluding carboxylic acids is 2. The number of hydrogen-bond acceptors (Lipinski definition) is 6. The van der Waals surface area contributed by atoms with Crippen LogP contribution in [0.1, 0.15) is 46.6 Å². The molecule has 1 aromatic rings. The van der Waals surface area contributed by atoms with Crippen LogP contribution in [0.5, 0.6) is 5.75 Å². The minimum atomic E-state index is -0.794. The quantitative estimate of drug-likeness (QED) is 0.440. The first kappa shape index (κ1) is 20.6. The highest BCUT2D eigenvalue weighted by Gasteiger charge is 2.26. The van der Waals surface area contributed by atoms with Gasteiger partial charge in [0.25, 0.3) is 0 Å². The number of nitrogens with one attached hydrogen (secondary N) is 2. The molecule has 1 aromatic carbocycles. The molecule has 1 atom stereocenters. The van der Waals surface area contributed by atoms with Crippen molar-refractivity contribution in [3.05, 3.63) is 29.8 Å². The monoisotopic (exact) mass is 349 g/mol. The van der Waals surface area contributed by atoms with Crippen LogP contribution in [0, 0.1) is 11.4 Å². The van der Waals surface area contributed by atoms with Gasteiger partial charge in [0.05, 0.1) is 6.54 Å². The zero-order valence-electron chi connectivity index (χ0n) is 15.5. The average Bonchev–Trinajstić information content (AvgIpc) is 2.46. The van der Waals surface area contributed by atoms with E-state index in [9.17, 15) is 9.59 Å². The molecule has 0 unspecified atom stereocenters. The second-order valence-electron chi connectivity index (χ2n) is 7.21. The molecule has 0 fully saturated rings. The second kappa shape index (κ2) is 9.15. The van der Waals surface area contributed by atoms with Crippen LogP contribution in [-0.4, -0.2) is 23.7 Å². The van der Waals surface area contributed by atoms with Gasteiger partial charge in [-0.3, -0.25) is 0 Å². The van der Waals surface area contributed by atoms with E-state index in [0.29, 0.717) is 12.2 Å². The lowest BCUT2D eigenvalue weighted by molar-refractivity contribution is -0.137. The first-order valence-electron chi connectivity index (χ1n) is 8.24. The molecule has 0 radical (unpaired) electrons. The molecule has 0 aliphatic rings. The van der Waals surface area contributed by atoms with E-state index in [1.807, 2.05) is 13.8 Å². The third-order valence-electron chi connectivity index (χ3n) is 3.09. The molecule has 0 aliphatic carbocycles. The first-order valence-corrected chi connectivity index (χ1v) is 8.24. The van der Waals surface area contributed by atoms with Crippen molar-refractivity contribution in [2.75, 3.05) is 0 Å². The summed E-state index contributed by atoms with van der Waals surface area (Å²) in [5, 5.41) is 5.88. The summed E-state index contributed by atoms with van der Waals surface area (Å²) in [5.74, 6) is 0.0180. The molecule has 0 bridgehead atoms. The fourth-order valence-corrected chi connectivity index (χ4v) is 2.08. The molecule has 7 nitrogen and oxygen atoms in total. The van der Waals surface area contributed by atoms with Crippen LogP contribution in [0.15, 0.2) is 29.4 Å². The van der Waals surface area contributed by atoms with E-state index in [4.69, 9.17) is 15.0 Å². The number of nitrogens with zero attached hydrogens (tertiary/aromatic N) is 1. The molecule has 25 heavy (non-hydrogen) atoms. The standard InChI is InChI=1S/C18H27N3O4/c1-12(2)10-15(21-17(23)25-18(3,4)5)16(22)24-14-8-6-13(7-9-14)11-20-19/h6-9,12,15,19H,10-11H2,1-5H3,(H,21,23)/t15-/m0/s1. The van der Waals surface area contributed by atoms with E-state index >= 15 is 0 Å². The van der Waals surface area contributed by atoms with Crippen LogP contribution < -0.4 is 10.1 Å². The number of esters is 1. The van der Waals surface area contributed by atoms with Crippen molar-refractivity contribution in [2.24, 2.45) is 11.0 Å². The second-order valence-corrected chi connectivity index (χ2v) is 7.21. The van der Waals surface area contributed by atoms with Gasteiger partial charge in [-0.2, -0.15) is 5.11 Å². The Morgan fingerprint density at radius 3 is 2.28 bits per heavy atom. The number of carbonyl (C=O) groups is 2. The minimum Gasteiger partial charge on any atom is -0.444 e. The Kier molecular flexibility index (Phi) is 7.54. The van der Waals surface area contributed by atoms with Gasteiger partial charge >= 0.3 is 12.1 Å². The molecule has 0 aliphatic heterocycles. The molecular formula is C18H27N3O4. The summed E-state index contributed by atoms with van der Waals surface area (Å²) >= 11 is 0. The molecule has 2 N–H and O–H groups in total. The molecule has 0 aromatic heterocycles. The number of rotatable bonds is 7. The molecule has 1 amide bonds. The van der Waals surface area contributed by atoms with Gasteiger partial charge < -0.3 is 14.8 Å². The molecule has 7 heteroatoms. The van der Waals surface area contributed by atoms with Gasteiger partial charge in [0.1, 0.15) is 17.4 Å². The maximum Gasteiger partial charge on any atom is 0.408 e. The Bertz CT molecular complexity index is 591. The lowest BCUT2D eigenvalue weighted by atomic mass is 10.0. The zero-order chi connectivity index (χ0) is 19.0. The van der Waals surface area contributed by atoms with E-state index in [0.717, 1.165) is 5.56 Å². The summed E-state index contributed by atoms with van der Waals surface area (Å²) < 4.78 is 10.6. The van der Waals surface area contributed by atoms with E-state index in [2.05, 4.69) is 10.4 Å². The molecule has 0 saturated carbocycles. The van der Waals surface area contributed by atoms with Crippen molar-refractivity contribution in [3.63, 3.8) is 0 Å². The van der Waals surface area contributed by atoms with Crippen LogP contribution in [0.3, 0.4) is 0 Å². The van der Waals surface area contributed by atoms with Crippen molar-refractivity contribution >= 4 is 12.1 Å². The van der Waals surface area contributed by atoms with Crippen molar-refractivity contribution in [2.45, 2.75) is 59.2 Å². The van der Waals surface area contributed by atoms with Crippen LogP contribution in [-0.2, 0) is 16.1 Å². The molecule has 1 rings (SSSR count). The lowest BCUT2D eigenvalue weighted by Gasteiger charge is -2.23. The maximum absolute atomic E-state index is 12.4. The van der Waals surface area contributed by atoms with E-state index in [-0.39, 0.29) is 12.5 Å². The average molecular weight is 349 g/mol. The van der Waals surface area contributed by atoms with E-state index in [1.165, 1.54) is 0 Å². The number of amides is 1. The largest absolute Gasteiger partial charge is 0.444 e. The number of hydrogen-bond donors (Lipinski definition) is 2. The summed E-state index contributed by atoms with van der Waals surface area (Å²) in [6, 6.07) is 5.95.